The molecule has 0 fully saturated rings. The van der Waals surface area contributed by atoms with Gasteiger partial charge in [-0.3, -0.25) is 10.1 Å². The molecule has 0 amide bonds. The fourth-order valence-electron chi connectivity index (χ4n) is 1.19. The third-order valence-corrected chi connectivity index (χ3v) is 2.27. The van der Waals surface area contributed by atoms with Gasteiger partial charge in [0.15, 0.2) is 0 Å². The van der Waals surface area contributed by atoms with Crippen molar-refractivity contribution in [2.45, 2.75) is 6.92 Å². The lowest BCUT2D eigenvalue weighted by Gasteiger charge is -1.97. The molecule has 0 bridgehead atoms. The summed E-state index contributed by atoms with van der Waals surface area (Å²) in [5.41, 5.74) is 13.0. The molecular weight excluding hydrogens is 230 g/mol. The second-order valence-electron chi connectivity index (χ2n) is 3.71. The van der Waals surface area contributed by atoms with Crippen molar-refractivity contribution in [2.24, 2.45) is 0 Å². The largest absolute Gasteiger partial charge is 0.399 e. The van der Waals surface area contributed by atoms with E-state index in [9.17, 15) is 10.1 Å². The van der Waals surface area contributed by atoms with Crippen molar-refractivity contribution >= 4 is 17.1 Å². The van der Waals surface area contributed by atoms with E-state index in [4.69, 9.17) is 11.5 Å². The summed E-state index contributed by atoms with van der Waals surface area (Å²) in [6.45, 7) is 1.80. The first-order chi connectivity index (χ1) is 8.50. The van der Waals surface area contributed by atoms with E-state index in [1.54, 1.807) is 13.0 Å². The van der Waals surface area contributed by atoms with E-state index in [-0.39, 0.29) is 5.69 Å². The highest BCUT2D eigenvalue weighted by atomic mass is 16.6. The summed E-state index contributed by atoms with van der Waals surface area (Å²) in [6.07, 6.45) is 0. The highest BCUT2D eigenvalue weighted by Crippen LogP contribution is 2.18. The number of nitro benzene ring substituents is 1. The van der Waals surface area contributed by atoms with Crippen LogP contribution in [0.3, 0.4) is 0 Å². The molecule has 0 unspecified atom stereocenters. The molecule has 0 aromatic heterocycles. The molecule has 18 heavy (non-hydrogen) atoms. The van der Waals surface area contributed by atoms with Gasteiger partial charge in [0.25, 0.3) is 5.69 Å². The normalized spacial score (nSPS) is 9.17. The lowest BCUT2D eigenvalue weighted by Crippen LogP contribution is -1.92. The Bertz CT molecular complexity index is 527. The van der Waals surface area contributed by atoms with Gasteiger partial charge in [-0.05, 0) is 24.6 Å². The zero-order valence-electron chi connectivity index (χ0n) is 10.0. The zero-order valence-corrected chi connectivity index (χ0v) is 10.0. The van der Waals surface area contributed by atoms with Gasteiger partial charge in [-0.25, -0.2) is 0 Å². The van der Waals surface area contributed by atoms with Gasteiger partial charge in [0, 0.05) is 23.5 Å². The molecule has 0 saturated heterocycles. The number of nitrogens with two attached hydrogens (primary N) is 2. The minimum Gasteiger partial charge on any atom is -0.399 e. The Morgan fingerprint density at radius 1 is 1.06 bits per heavy atom. The van der Waals surface area contributed by atoms with Gasteiger partial charge in [0.2, 0.25) is 0 Å². The highest BCUT2D eigenvalue weighted by molar-refractivity contribution is 5.53. The maximum absolute atomic E-state index is 10.2. The van der Waals surface area contributed by atoms with Gasteiger partial charge in [-0.2, -0.15) is 0 Å². The predicted octanol–water partition coefficient (Wildman–Crippen LogP) is 2.75. The lowest BCUT2D eigenvalue weighted by molar-refractivity contribution is -0.384. The molecule has 0 spiro atoms. The van der Waals surface area contributed by atoms with Crippen LogP contribution in [0, 0.1) is 17.0 Å². The number of benzene rings is 2. The average molecular weight is 245 g/mol. The third kappa shape index (κ3) is 4.13. The number of hydrogen-bond acceptors (Lipinski definition) is 4. The van der Waals surface area contributed by atoms with E-state index in [1.807, 2.05) is 30.3 Å². The second kappa shape index (κ2) is 6.24. The standard InChI is InChI=1S/C7H8N2O2.C6H7N/c1-5-2-3-6(9(10)11)4-7(5)8;7-6-4-2-1-3-5-6/h2-4H,8H2,1H3;1-5H,7H2. The van der Waals surface area contributed by atoms with Crippen LogP contribution in [0.15, 0.2) is 48.5 Å². The van der Waals surface area contributed by atoms with E-state index in [1.165, 1.54) is 12.1 Å². The zero-order chi connectivity index (χ0) is 13.5. The number of aryl methyl sites for hydroxylation is 1. The average Bonchev–Trinajstić information content (AvgIpc) is 2.34. The molecule has 4 N–H and O–H groups in total. The van der Waals surface area contributed by atoms with Crippen LogP contribution in [-0.4, -0.2) is 4.92 Å². The Hall–Kier alpha value is -2.56. The first-order valence-corrected chi connectivity index (χ1v) is 5.31. The van der Waals surface area contributed by atoms with Gasteiger partial charge in [-0.15, -0.1) is 0 Å². The fraction of sp³-hybridized carbons (Fsp3) is 0.0769. The predicted molar refractivity (Wildman–Crippen MR) is 73.1 cm³/mol. The number of hydrogen-bond donors (Lipinski definition) is 2. The smallest absolute Gasteiger partial charge is 0.271 e. The summed E-state index contributed by atoms with van der Waals surface area (Å²) in [5, 5.41) is 10.2. The van der Waals surface area contributed by atoms with Crippen LogP contribution < -0.4 is 11.5 Å². The first kappa shape index (κ1) is 13.5. The van der Waals surface area contributed by atoms with Crippen LogP contribution in [0.1, 0.15) is 5.56 Å². The molecule has 2 aromatic carbocycles. The van der Waals surface area contributed by atoms with Crippen molar-refractivity contribution in [3.63, 3.8) is 0 Å². The second-order valence-corrected chi connectivity index (χ2v) is 3.71. The van der Waals surface area contributed by atoms with Gasteiger partial charge >= 0.3 is 0 Å². The summed E-state index contributed by atoms with van der Waals surface area (Å²) >= 11 is 0. The van der Waals surface area contributed by atoms with Crippen molar-refractivity contribution in [3.8, 4) is 0 Å². The maximum Gasteiger partial charge on any atom is 0.271 e. The molecule has 2 rings (SSSR count). The molecule has 0 heterocycles. The first-order valence-electron chi connectivity index (χ1n) is 5.31. The molecule has 0 atom stereocenters. The van der Waals surface area contributed by atoms with Crippen LogP contribution >= 0.6 is 0 Å². The van der Waals surface area contributed by atoms with E-state index in [0.717, 1.165) is 11.3 Å². The minimum absolute atomic E-state index is 0.0353. The van der Waals surface area contributed by atoms with E-state index >= 15 is 0 Å². The third-order valence-electron chi connectivity index (χ3n) is 2.27. The Balaban J connectivity index is 0.000000199. The molecule has 5 nitrogen and oxygen atoms in total. The van der Waals surface area contributed by atoms with Crippen LogP contribution in [0.2, 0.25) is 0 Å². The summed E-state index contributed by atoms with van der Waals surface area (Å²) in [5.74, 6) is 0. The molecule has 5 heteroatoms. The van der Waals surface area contributed by atoms with Crippen molar-refractivity contribution < 1.29 is 4.92 Å². The number of rotatable bonds is 1. The monoisotopic (exact) mass is 245 g/mol. The van der Waals surface area contributed by atoms with E-state index in [0.29, 0.717) is 5.69 Å². The van der Waals surface area contributed by atoms with Gasteiger partial charge in [-0.1, -0.05) is 24.3 Å². The Morgan fingerprint density at radius 2 is 1.67 bits per heavy atom. The molecule has 0 saturated carbocycles. The van der Waals surface area contributed by atoms with Crippen LogP contribution in [0.25, 0.3) is 0 Å². The van der Waals surface area contributed by atoms with Crippen molar-refractivity contribution in [1.29, 1.82) is 0 Å². The number of para-hydroxylation sites is 1. The van der Waals surface area contributed by atoms with Gasteiger partial charge in [0.05, 0.1) is 4.92 Å². The highest BCUT2D eigenvalue weighted by Gasteiger charge is 2.05. The summed E-state index contributed by atoms with van der Waals surface area (Å²) in [7, 11) is 0. The number of nitro groups is 1. The topological polar surface area (TPSA) is 95.2 Å². The van der Waals surface area contributed by atoms with E-state index in [2.05, 4.69) is 0 Å². The van der Waals surface area contributed by atoms with E-state index < -0.39 is 4.92 Å². The van der Waals surface area contributed by atoms with Crippen molar-refractivity contribution in [3.05, 3.63) is 64.2 Å². The number of non-ortho nitro benzene ring substituents is 1. The van der Waals surface area contributed by atoms with Gasteiger partial charge in [0.1, 0.15) is 0 Å². The van der Waals surface area contributed by atoms with Crippen LogP contribution in [0.4, 0.5) is 17.1 Å². The fourth-order valence-corrected chi connectivity index (χ4v) is 1.19. The van der Waals surface area contributed by atoms with Crippen LogP contribution in [0.5, 0.6) is 0 Å². The van der Waals surface area contributed by atoms with Crippen molar-refractivity contribution in [2.75, 3.05) is 11.5 Å². The minimum atomic E-state index is -0.462. The van der Waals surface area contributed by atoms with Gasteiger partial charge < -0.3 is 11.5 Å². The Labute approximate surface area is 105 Å². The summed E-state index contributed by atoms with van der Waals surface area (Å²) in [4.78, 5) is 9.75. The molecule has 0 aliphatic carbocycles. The van der Waals surface area contributed by atoms with Crippen LogP contribution in [-0.2, 0) is 0 Å². The summed E-state index contributed by atoms with van der Waals surface area (Å²) < 4.78 is 0. The quantitative estimate of drug-likeness (QED) is 0.458. The molecule has 0 radical (unpaired) electrons. The Kier molecular flexibility index (Phi) is 4.68. The Morgan fingerprint density at radius 3 is 2.06 bits per heavy atom. The van der Waals surface area contributed by atoms with Crippen molar-refractivity contribution in [1.82, 2.24) is 0 Å². The number of nitrogens with zero attached hydrogens (tertiary/aromatic N) is 1. The molecular formula is C13H15N3O2. The number of anilines is 2. The molecule has 2 aromatic rings. The molecule has 94 valence electrons. The number of nitrogen functional groups attached to an aromatic ring is 2. The molecule has 0 aliphatic heterocycles. The summed E-state index contributed by atoms with van der Waals surface area (Å²) in [6, 6.07) is 13.9. The molecule has 0 aliphatic rings. The maximum atomic E-state index is 10.2. The lowest BCUT2D eigenvalue weighted by atomic mass is 10.2. The SMILES string of the molecule is Cc1ccc([N+](=O)[O-])cc1N.Nc1ccccc1.